The molecule has 0 fully saturated rings. The highest BCUT2D eigenvalue weighted by Crippen LogP contribution is 2.38. The first-order valence-corrected chi connectivity index (χ1v) is 7.53. The second-order valence-corrected chi connectivity index (χ2v) is 5.69. The van der Waals surface area contributed by atoms with E-state index in [4.69, 9.17) is 16.3 Å². The Balaban J connectivity index is 2.28. The van der Waals surface area contributed by atoms with Crippen molar-refractivity contribution < 1.29 is 27.8 Å². The molecule has 0 saturated carbocycles. The number of methoxy groups -OCH3 is 1. The highest BCUT2D eigenvalue weighted by molar-refractivity contribution is 6.31. The summed E-state index contributed by atoms with van der Waals surface area (Å²) in [6.07, 6.45) is -4.99. The SMILES string of the molecule is COc1ccc(Cl)cc1C(=O)NCC(O)(c1ccccc1)C(F)(F)F. The fraction of sp³-hybridized carbons (Fsp3) is 0.235. The van der Waals surface area contributed by atoms with Crippen LogP contribution >= 0.6 is 11.6 Å². The Morgan fingerprint density at radius 2 is 1.84 bits per heavy atom. The fourth-order valence-electron chi connectivity index (χ4n) is 2.24. The maximum Gasteiger partial charge on any atom is 0.423 e. The molecule has 0 aliphatic carbocycles. The van der Waals surface area contributed by atoms with Crippen molar-refractivity contribution in [1.29, 1.82) is 0 Å². The van der Waals surface area contributed by atoms with Gasteiger partial charge in [-0.2, -0.15) is 13.2 Å². The summed E-state index contributed by atoms with van der Waals surface area (Å²) in [5.41, 5.74) is -3.64. The van der Waals surface area contributed by atoms with Crippen molar-refractivity contribution in [2.75, 3.05) is 13.7 Å². The van der Waals surface area contributed by atoms with Gasteiger partial charge in [0.25, 0.3) is 5.91 Å². The number of ether oxygens (including phenoxy) is 1. The average Bonchev–Trinajstić information content (AvgIpc) is 2.59. The lowest BCUT2D eigenvalue weighted by Gasteiger charge is -2.31. The van der Waals surface area contributed by atoms with Gasteiger partial charge in [0.05, 0.1) is 19.2 Å². The van der Waals surface area contributed by atoms with Crippen molar-refractivity contribution in [1.82, 2.24) is 5.32 Å². The monoisotopic (exact) mass is 373 g/mol. The predicted molar refractivity (Wildman–Crippen MR) is 86.7 cm³/mol. The van der Waals surface area contributed by atoms with Crippen molar-refractivity contribution >= 4 is 17.5 Å². The highest BCUT2D eigenvalue weighted by atomic mass is 35.5. The summed E-state index contributed by atoms with van der Waals surface area (Å²) >= 11 is 5.81. The maximum atomic E-state index is 13.4. The van der Waals surface area contributed by atoms with Gasteiger partial charge >= 0.3 is 6.18 Å². The second-order valence-electron chi connectivity index (χ2n) is 5.25. The summed E-state index contributed by atoms with van der Waals surface area (Å²) in [5, 5.41) is 12.5. The minimum Gasteiger partial charge on any atom is -0.496 e. The molecule has 0 saturated heterocycles. The Morgan fingerprint density at radius 3 is 2.40 bits per heavy atom. The van der Waals surface area contributed by atoms with Crippen LogP contribution in [0.25, 0.3) is 0 Å². The molecule has 25 heavy (non-hydrogen) atoms. The zero-order valence-electron chi connectivity index (χ0n) is 13.1. The van der Waals surface area contributed by atoms with E-state index in [2.05, 4.69) is 5.32 Å². The lowest BCUT2D eigenvalue weighted by atomic mass is 9.93. The standard InChI is InChI=1S/C17H15ClF3NO3/c1-25-14-8-7-12(18)9-13(14)15(23)22-10-16(24,17(19,20)21)11-5-3-2-4-6-11/h2-9,24H,10H2,1H3,(H,22,23). The minimum atomic E-state index is -4.99. The molecule has 2 rings (SSSR count). The molecule has 0 spiro atoms. The minimum absolute atomic E-state index is 0.0346. The van der Waals surface area contributed by atoms with Crippen LogP contribution < -0.4 is 10.1 Å². The van der Waals surface area contributed by atoms with Gasteiger partial charge in [0.2, 0.25) is 5.60 Å². The molecular weight excluding hydrogens is 359 g/mol. The normalized spacial score (nSPS) is 13.8. The molecule has 4 nitrogen and oxygen atoms in total. The number of alkyl halides is 3. The van der Waals surface area contributed by atoms with Crippen LogP contribution in [-0.2, 0) is 5.60 Å². The number of carbonyl (C=O) groups excluding carboxylic acids is 1. The van der Waals surface area contributed by atoms with Gasteiger partial charge < -0.3 is 15.2 Å². The van der Waals surface area contributed by atoms with E-state index in [1.807, 2.05) is 0 Å². The third-order valence-electron chi connectivity index (χ3n) is 3.63. The first kappa shape index (κ1) is 19.1. The van der Waals surface area contributed by atoms with E-state index in [-0.39, 0.29) is 21.9 Å². The van der Waals surface area contributed by atoms with Crippen molar-refractivity contribution in [3.8, 4) is 5.75 Å². The third kappa shape index (κ3) is 4.05. The topological polar surface area (TPSA) is 58.6 Å². The van der Waals surface area contributed by atoms with E-state index in [1.54, 1.807) is 0 Å². The molecule has 0 aliphatic heterocycles. The number of hydrogen-bond acceptors (Lipinski definition) is 3. The van der Waals surface area contributed by atoms with Gasteiger partial charge in [-0.15, -0.1) is 0 Å². The van der Waals surface area contributed by atoms with Gasteiger partial charge in [0.15, 0.2) is 0 Å². The molecule has 2 N–H and O–H groups in total. The van der Waals surface area contributed by atoms with Crippen molar-refractivity contribution in [3.05, 3.63) is 64.7 Å². The quantitative estimate of drug-likeness (QED) is 0.843. The van der Waals surface area contributed by atoms with E-state index >= 15 is 0 Å². The largest absolute Gasteiger partial charge is 0.496 e. The van der Waals surface area contributed by atoms with Crippen LogP contribution in [0.15, 0.2) is 48.5 Å². The first-order chi connectivity index (χ1) is 11.7. The molecule has 0 aliphatic rings. The van der Waals surface area contributed by atoms with E-state index < -0.39 is 24.2 Å². The molecule has 134 valence electrons. The number of amides is 1. The summed E-state index contributed by atoms with van der Waals surface area (Å²) in [6, 6.07) is 10.7. The van der Waals surface area contributed by atoms with Gasteiger partial charge in [-0.3, -0.25) is 4.79 Å². The lowest BCUT2D eigenvalue weighted by molar-refractivity contribution is -0.263. The number of benzene rings is 2. The first-order valence-electron chi connectivity index (χ1n) is 7.15. The summed E-state index contributed by atoms with van der Waals surface area (Å²) in [5.74, 6) is -0.699. The van der Waals surface area contributed by atoms with Crippen LogP contribution in [0.3, 0.4) is 0 Å². The zero-order chi connectivity index (χ0) is 18.7. The summed E-state index contributed by atoms with van der Waals surface area (Å²) in [4.78, 5) is 12.3. The van der Waals surface area contributed by atoms with E-state index in [1.165, 1.54) is 43.5 Å². The molecule has 2 aromatic carbocycles. The predicted octanol–water partition coefficient (Wildman–Crippen LogP) is 3.53. The Kier molecular flexibility index (Phi) is 5.59. The molecule has 8 heteroatoms. The van der Waals surface area contributed by atoms with Crippen molar-refractivity contribution in [3.63, 3.8) is 0 Å². The van der Waals surface area contributed by atoms with E-state index in [9.17, 15) is 23.1 Å². The molecule has 0 radical (unpaired) electrons. The number of hydrogen-bond donors (Lipinski definition) is 2. The van der Waals surface area contributed by atoms with Crippen molar-refractivity contribution in [2.45, 2.75) is 11.8 Å². The van der Waals surface area contributed by atoms with Gasteiger partial charge in [-0.1, -0.05) is 41.9 Å². The number of nitrogens with one attached hydrogen (secondary N) is 1. The molecular formula is C17H15ClF3NO3. The van der Waals surface area contributed by atoms with E-state index in [0.717, 1.165) is 12.1 Å². The smallest absolute Gasteiger partial charge is 0.423 e. The number of rotatable bonds is 5. The summed E-state index contributed by atoms with van der Waals surface area (Å²) in [6.45, 7) is -1.06. The molecule has 1 atom stereocenters. The molecule has 0 heterocycles. The van der Waals surface area contributed by atoms with Crippen LogP contribution in [0, 0.1) is 0 Å². The summed E-state index contributed by atoms with van der Waals surface area (Å²) in [7, 11) is 1.32. The van der Waals surface area contributed by atoms with Gasteiger partial charge in [0, 0.05) is 5.02 Å². The number of halogens is 4. The molecule has 1 unspecified atom stereocenters. The van der Waals surface area contributed by atoms with Gasteiger partial charge in [-0.25, -0.2) is 0 Å². The Bertz CT molecular complexity index is 753. The Hall–Kier alpha value is -2.25. The van der Waals surface area contributed by atoms with Crippen molar-refractivity contribution in [2.24, 2.45) is 0 Å². The van der Waals surface area contributed by atoms with Crippen LogP contribution in [-0.4, -0.2) is 30.8 Å². The van der Waals surface area contributed by atoms with Gasteiger partial charge in [-0.05, 0) is 23.8 Å². The molecule has 0 aromatic heterocycles. The zero-order valence-corrected chi connectivity index (χ0v) is 13.9. The Morgan fingerprint density at radius 1 is 1.20 bits per heavy atom. The van der Waals surface area contributed by atoms with Crippen LogP contribution in [0.5, 0.6) is 5.75 Å². The molecule has 1 amide bonds. The van der Waals surface area contributed by atoms with Crippen LogP contribution in [0.2, 0.25) is 5.02 Å². The average molecular weight is 374 g/mol. The maximum absolute atomic E-state index is 13.4. The van der Waals surface area contributed by atoms with Gasteiger partial charge in [0.1, 0.15) is 5.75 Å². The number of carbonyl (C=O) groups is 1. The third-order valence-corrected chi connectivity index (χ3v) is 3.87. The highest BCUT2D eigenvalue weighted by Gasteiger charge is 2.55. The summed E-state index contributed by atoms with van der Waals surface area (Å²) < 4.78 is 45.2. The van der Waals surface area contributed by atoms with Crippen LogP contribution in [0.4, 0.5) is 13.2 Å². The van der Waals surface area contributed by atoms with E-state index in [0.29, 0.717) is 0 Å². The Labute approximate surface area is 147 Å². The fourth-order valence-corrected chi connectivity index (χ4v) is 2.41. The lowest BCUT2D eigenvalue weighted by Crippen LogP contribution is -2.51. The molecule has 2 aromatic rings. The molecule has 0 bridgehead atoms. The van der Waals surface area contributed by atoms with Crippen LogP contribution in [0.1, 0.15) is 15.9 Å². The second kappa shape index (κ2) is 7.33. The number of aliphatic hydroxyl groups is 1.